The van der Waals surface area contributed by atoms with Crippen molar-refractivity contribution in [2.75, 3.05) is 38.9 Å². The number of hydrogen-bond acceptors (Lipinski definition) is 4. The van der Waals surface area contributed by atoms with Crippen molar-refractivity contribution in [3.63, 3.8) is 0 Å². The molecule has 0 aliphatic carbocycles. The van der Waals surface area contributed by atoms with Crippen LogP contribution in [0.4, 0.5) is 0 Å². The molecule has 2 heterocycles. The molecule has 0 atom stereocenters. The van der Waals surface area contributed by atoms with Gasteiger partial charge in [-0.05, 0) is 38.7 Å². The Kier molecular flexibility index (Phi) is 4.12. The molecule has 1 saturated heterocycles. The lowest BCUT2D eigenvalue weighted by molar-refractivity contribution is 0.108. The van der Waals surface area contributed by atoms with Crippen LogP contribution in [0.5, 0.6) is 5.88 Å². The summed E-state index contributed by atoms with van der Waals surface area (Å²) >= 11 is 0. The predicted molar refractivity (Wildman–Crippen MR) is 76.8 cm³/mol. The van der Waals surface area contributed by atoms with Crippen LogP contribution in [0.2, 0.25) is 0 Å². The van der Waals surface area contributed by atoms with E-state index in [1.165, 1.54) is 4.90 Å². The van der Waals surface area contributed by atoms with Gasteiger partial charge in [-0.15, -0.1) is 5.10 Å². The van der Waals surface area contributed by atoms with Crippen molar-refractivity contribution in [3.8, 4) is 5.88 Å². The molecule has 0 amide bonds. The van der Waals surface area contributed by atoms with E-state index in [1.807, 2.05) is 6.20 Å². The van der Waals surface area contributed by atoms with E-state index in [4.69, 9.17) is 4.74 Å². The van der Waals surface area contributed by atoms with Gasteiger partial charge >= 0.3 is 0 Å². The van der Waals surface area contributed by atoms with Crippen molar-refractivity contribution < 1.29 is 4.74 Å². The highest BCUT2D eigenvalue weighted by molar-refractivity contribution is 8.32. The largest absolute Gasteiger partial charge is 0.473 e. The molecule has 0 bridgehead atoms. The maximum absolute atomic E-state index is 5.95. The number of ether oxygens (including phenoxy) is 1. The third-order valence-electron chi connectivity index (χ3n) is 3.27. The van der Waals surface area contributed by atoms with Crippen LogP contribution in [0, 0.1) is 0 Å². The summed E-state index contributed by atoms with van der Waals surface area (Å²) in [6, 6.07) is 2.06. The molecular formula is C13H23N3OS. The zero-order valence-electron chi connectivity index (χ0n) is 11.7. The fourth-order valence-corrected chi connectivity index (χ4v) is 2.81. The first-order valence-electron chi connectivity index (χ1n) is 6.31. The van der Waals surface area contributed by atoms with E-state index in [9.17, 15) is 0 Å². The first kappa shape index (κ1) is 13.6. The first-order valence-corrected chi connectivity index (χ1v) is 9.17. The number of likely N-dealkylation sites (tertiary alicyclic amines) is 1. The Labute approximate surface area is 111 Å². The third-order valence-corrected chi connectivity index (χ3v) is 4.90. The lowest BCUT2D eigenvalue weighted by Crippen LogP contribution is -2.35. The van der Waals surface area contributed by atoms with Crippen LogP contribution in [0.1, 0.15) is 12.8 Å². The Morgan fingerprint density at radius 1 is 1.28 bits per heavy atom. The Bertz CT molecular complexity index is 397. The van der Waals surface area contributed by atoms with E-state index >= 15 is 0 Å². The van der Waals surface area contributed by atoms with E-state index in [1.54, 1.807) is 0 Å². The number of hydrogen-bond donors (Lipinski definition) is 0. The molecule has 102 valence electrons. The Morgan fingerprint density at radius 2 is 1.94 bits per heavy atom. The van der Waals surface area contributed by atoms with Crippen LogP contribution < -0.4 is 4.74 Å². The van der Waals surface area contributed by atoms with Crippen molar-refractivity contribution in [1.29, 1.82) is 0 Å². The SMILES string of the molecule is CN1CCC(Oc2cc(S(C)(C)C)cnn2)CC1. The summed E-state index contributed by atoms with van der Waals surface area (Å²) in [6.45, 7) is 2.20. The van der Waals surface area contributed by atoms with E-state index in [0.29, 0.717) is 12.0 Å². The molecule has 1 aromatic rings. The van der Waals surface area contributed by atoms with Gasteiger partial charge in [0.1, 0.15) is 6.10 Å². The number of rotatable bonds is 3. The molecule has 4 nitrogen and oxygen atoms in total. The number of piperidine rings is 1. The minimum absolute atomic E-state index is 0.292. The second-order valence-corrected chi connectivity index (χ2v) is 9.83. The van der Waals surface area contributed by atoms with Crippen LogP contribution in [0.15, 0.2) is 17.2 Å². The minimum Gasteiger partial charge on any atom is -0.473 e. The van der Waals surface area contributed by atoms with Gasteiger partial charge in [-0.2, -0.15) is 5.10 Å². The molecule has 18 heavy (non-hydrogen) atoms. The van der Waals surface area contributed by atoms with Crippen LogP contribution in [-0.4, -0.2) is 60.1 Å². The Balaban J connectivity index is 2.01. The maximum atomic E-state index is 5.95. The van der Waals surface area contributed by atoms with Gasteiger partial charge in [-0.1, -0.05) is 0 Å². The highest BCUT2D eigenvalue weighted by atomic mass is 32.3. The fourth-order valence-electron chi connectivity index (χ4n) is 2.00. The van der Waals surface area contributed by atoms with Crippen LogP contribution in [0.3, 0.4) is 0 Å². The maximum Gasteiger partial charge on any atom is 0.234 e. The van der Waals surface area contributed by atoms with E-state index < -0.39 is 10.0 Å². The van der Waals surface area contributed by atoms with Crippen molar-refractivity contribution >= 4 is 10.0 Å². The molecule has 0 aromatic carbocycles. The first-order chi connectivity index (χ1) is 8.45. The van der Waals surface area contributed by atoms with Gasteiger partial charge in [0.05, 0.1) is 6.20 Å². The predicted octanol–water partition coefficient (Wildman–Crippen LogP) is 2.00. The molecular weight excluding hydrogens is 246 g/mol. The summed E-state index contributed by atoms with van der Waals surface area (Å²) in [5.41, 5.74) is 0. The van der Waals surface area contributed by atoms with Gasteiger partial charge in [0, 0.05) is 24.1 Å². The van der Waals surface area contributed by atoms with Gasteiger partial charge < -0.3 is 9.64 Å². The summed E-state index contributed by atoms with van der Waals surface area (Å²) in [6.07, 6.45) is 11.1. The van der Waals surface area contributed by atoms with Crippen molar-refractivity contribution in [2.45, 2.75) is 23.8 Å². The smallest absolute Gasteiger partial charge is 0.234 e. The average molecular weight is 269 g/mol. The normalized spacial score (nSPS) is 19.8. The van der Waals surface area contributed by atoms with Gasteiger partial charge in [-0.25, -0.2) is 10.0 Å². The third kappa shape index (κ3) is 3.59. The van der Waals surface area contributed by atoms with Gasteiger partial charge in [0.15, 0.2) is 0 Å². The lowest BCUT2D eigenvalue weighted by Gasteiger charge is -2.29. The molecule has 1 fully saturated rings. The Hall–Kier alpha value is -0.810. The van der Waals surface area contributed by atoms with E-state index in [2.05, 4.69) is 47.0 Å². The summed E-state index contributed by atoms with van der Waals surface area (Å²) < 4.78 is 5.95. The van der Waals surface area contributed by atoms with Gasteiger partial charge in [-0.3, -0.25) is 0 Å². The van der Waals surface area contributed by atoms with Gasteiger partial charge in [0.2, 0.25) is 5.88 Å². The van der Waals surface area contributed by atoms with Crippen LogP contribution in [-0.2, 0) is 0 Å². The topological polar surface area (TPSA) is 38.2 Å². The van der Waals surface area contributed by atoms with E-state index in [-0.39, 0.29) is 0 Å². The molecule has 1 aromatic heterocycles. The summed E-state index contributed by atoms with van der Waals surface area (Å²) in [4.78, 5) is 3.58. The van der Waals surface area contributed by atoms with E-state index in [0.717, 1.165) is 25.9 Å². The zero-order valence-corrected chi connectivity index (χ0v) is 12.5. The van der Waals surface area contributed by atoms with Crippen molar-refractivity contribution in [1.82, 2.24) is 15.1 Å². The molecule has 0 saturated carbocycles. The second-order valence-electron chi connectivity index (χ2n) is 5.69. The molecule has 0 radical (unpaired) electrons. The molecule has 0 N–H and O–H groups in total. The number of aromatic nitrogens is 2. The molecule has 1 aliphatic rings. The molecule has 0 unspecified atom stereocenters. The van der Waals surface area contributed by atoms with Crippen molar-refractivity contribution in [3.05, 3.63) is 12.3 Å². The molecule has 2 rings (SSSR count). The lowest BCUT2D eigenvalue weighted by atomic mass is 10.1. The van der Waals surface area contributed by atoms with Gasteiger partial charge in [0.25, 0.3) is 0 Å². The van der Waals surface area contributed by atoms with Crippen LogP contribution in [0.25, 0.3) is 0 Å². The van der Waals surface area contributed by atoms with Crippen LogP contribution >= 0.6 is 10.0 Å². The summed E-state index contributed by atoms with van der Waals surface area (Å²) in [5.74, 6) is 0.685. The second kappa shape index (κ2) is 5.45. The van der Waals surface area contributed by atoms with Crippen molar-refractivity contribution in [2.24, 2.45) is 0 Å². The summed E-state index contributed by atoms with van der Waals surface area (Å²) in [5, 5.41) is 8.16. The Morgan fingerprint density at radius 3 is 2.56 bits per heavy atom. The highest BCUT2D eigenvalue weighted by Crippen LogP contribution is 2.45. The molecule has 5 heteroatoms. The summed E-state index contributed by atoms with van der Waals surface area (Å²) in [7, 11) is 1.39. The molecule has 0 spiro atoms. The zero-order chi connectivity index (χ0) is 13.2. The minimum atomic E-state index is -0.766. The quantitative estimate of drug-likeness (QED) is 0.841. The molecule has 1 aliphatic heterocycles. The fraction of sp³-hybridized carbons (Fsp3) is 0.692. The highest BCUT2D eigenvalue weighted by Gasteiger charge is 2.19. The number of nitrogens with zero attached hydrogens (tertiary/aromatic N) is 3. The monoisotopic (exact) mass is 269 g/mol. The average Bonchev–Trinajstić information content (AvgIpc) is 2.31. The standard InChI is InChI=1S/C13H23N3OS/c1-16-7-5-11(6-8-16)17-13-9-12(10-14-15-13)18(2,3)4/h9-11H,5-8H2,1-4H3.